The average molecular weight is 488 g/mol. The van der Waals surface area contributed by atoms with Gasteiger partial charge in [-0.1, -0.05) is 36.0 Å². The van der Waals surface area contributed by atoms with Gasteiger partial charge in [0.05, 0.1) is 21.8 Å². The van der Waals surface area contributed by atoms with E-state index >= 15 is 0 Å². The zero-order valence-electron chi connectivity index (χ0n) is 19.7. The third kappa shape index (κ3) is 4.74. The van der Waals surface area contributed by atoms with Gasteiger partial charge in [-0.2, -0.15) is 0 Å². The van der Waals surface area contributed by atoms with Crippen molar-refractivity contribution < 1.29 is 14.3 Å². The van der Waals surface area contributed by atoms with Crippen LogP contribution in [0.1, 0.15) is 23.6 Å². The number of benzene rings is 3. The van der Waals surface area contributed by atoms with Crippen LogP contribution < -0.4 is 20.3 Å². The van der Waals surface area contributed by atoms with E-state index in [2.05, 4.69) is 11.4 Å². The van der Waals surface area contributed by atoms with Gasteiger partial charge in [0.1, 0.15) is 0 Å². The number of carbonyl (C=O) groups is 1. The summed E-state index contributed by atoms with van der Waals surface area (Å²) in [6.45, 7) is 6.37. The molecule has 1 atom stereocenters. The van der Waals surface area contributed by atoms with Crippen LogP contribution >= 0.6 is 11.8 Å². The zero-order chi connectivity index (χ0) is 24.5. The van der Waals surface area contributed by atoms with Gasteiger partial charge in [0.25, 0.3) is 5.56 Å². The number of hydrogen-bond donors (Lipinski definition) is 1. The summed E-state index contributed by atoms with van der Waals surface area (Å²) >= 11 is 1.26. The topological polar surface area (TPSA) is 82.5 Å². The minimum absolute atomic E-state index is 0.151. The quantitative estimate of drug-likeness (QED) is 0.318. The molecule has 178 valence electrons. The van der Waals surface area contributed by atoms with Crippen LogP contribution in [0.15, 0.2) is 70.6 Å². The Morgan fingerprint density at radius 2 is 1.80 bits per heavy atom. The van der Waals surface area contributed by atoms with Crippen LogP contribution in [0.4, 0.5) is 0 Å². The second-order valence-electron chi connectivity index (χ2n) is 8.56. The molecule has 0 bridgehead atoms. The van der Waals surface area contributed by atoms with E-state index in [4.69, 9.17) is 14.5 Å². The summed E-state index contributed by atoms with van der Waals surface area (Å²) in [4.78, 5) is 31.2. The lowest BCUT2D eigenvalue weighted by Gasteiger charge is -2.17. The first kappa shape index (κ1) is 23.0. The Kier molecular flexibility index (Phi) is 6.21. The first-order valence-corrected chi connectivity index (χ1v) is 12.2. The second kappa shape index (κ2) is 9.46. The number of thioether (sulfide) groups is 1. The third-order valence-corrected chi connectivity index (χ3v) is 6.82. The van der Waals surface area contributed by atoms with Crippen molar-refractivity contribution in [3.8, 4) is 17.2 Å². The maximum atomic E-state index is 13.5. The molecule has 1 aromatic heterocycles. The first-order chi connectivity index (χ1) is 16.9. The summed E-state index contributed by atoms with van der Waals surface area (Å²) in [6.07, 6.45) is 0. The fourth-order valence-electron chi connectivity index (χ4n) is 4.09. The molecule has 0 saturated carbocycles. The number of rotatable bonds is 6. The van der Waals surface area contributed by atoms with Crippen LogP contribution in [0.2, 0.25) is 0 Å². The molecule has 4 aromatic rings. The number of nitrogens with one attached hydrogen (secondary N) is 1. The lowest BCUT2D eigenvalue weighted by molar-refractivity contribution is -0.120. The van der Waals surface area contributed by atoms with Crippen molar-refractivity contribution in [2.75, 3.05) is 6.79 Å². The highest BCUT2D eigenvalue weighted by Crippen LogP contribution is 2.32. The molecule has 3 aromatic carbocycles. The van der Waals surface area contributed by atoms with Crippen LogP contribution in [0, 0.1) is 13.8 Å². The first-order valence-electron chi connectivity index (χ1n) is 11.3. The molecule has 2 heterocycles. The predicted octanol–water partition coefficient (Wildman–Crippen LogP) is 4.53. The molecule has 7 nitrogen and oxygen atoms in total. The minimum Gasteiger partial charge on any atom is -0.454 e. The van der Waals surface area contributed by atoms with Crippen LogP contribution in [-0.2, 0) is 11.3 Å². The summed E-state index contributed by atoms with van der Waals surface area (Å²) in [7, 11) is 0. The van der Waals surface area contributed by atoms with Gasteiger partial charge in [-0.25, -0.2) is 4.98 Å². The molecule has 0 spiro atoms. The van der Waals surface area contributed by atoms with Crippen LogP contribution in [-0.4, -0.2) is 27.5 Å². The smallest absolute Gasteiger partial charge is 0.266 e. The van der Waals surface area contributed by atoms with Gasteiger partial charge in [0, 0.05) is 6.54 Å². The van der Waals surface area contributed by atoms with E-state index in [1.54, 1.807) is 10.6 Å². The molecule has 0 fully saturated rings. The van der Waals surface area contributed by atoms with Crippen LogP contribution in [0.3, 0.4) is 0 Å². The summed E-state index contributed by atoms with van der Waals surface area (Å²) in [5.74, 6) is 1.23. The summed E-state index contributed by atoms with van der Waals surface area (Å²) in [6, 6.07) is 18.8. The Morgan fingerprint density at radius 3 is 2.60 bits per heavy atom. The highest BCUT2D eigenvalue weighted by Gasteiger charge is 2.21. The minimum atomic E-state index is -0.478. The van der Waals surface area contributed by atoms with Crippen molar-refractivity contribution in [3.05, 3.63) is 87.7 Å². The van der Waals surface area contributed by atoms with E-state index in [9.17, 15) is 9.59 Å². The number of para-hydroxylation sites is 1. The molecule has 0 radical (unpaired) electrons. The van der Waals surface area contributed by atoms with Crippen molar-refractivity contribution in [2.24, 2.45) is 0 Å². The van der Waals surface area contributed by atoms with E-state index in [-0.39, 0.29) is 18.3 Å². The normalized spacial score (nSPS) is 13.1. The van der Waals surface area contributed by atoms with Gasteiger partial charge in [0.2, 0.25) is 12.7 Å². The van der Waals surface area contributed by atoms with Crippen LogP contribution in [0.5, 0.6) is 11.5 Å². The largest absolute Gasteiger partial charge is 0.454 e. The highest BCUT2D eigenvalue weighted by molar-refractivity contribution is 8.00. The summed E-state index contributed by atoms with van der Waals surface area (Å²) in [5.41, 5.74) is 4.19. The maximum Gasteiger partial charge on any atom is 0.266 e. The Hall–Kier alpha value is -3.78. The van der Waals surface area contributed by atoms with E-state index in [0.29, 0.717) is 34.1 Å². The second-order valence-corrected chi connectivity index (χ2v) is 9.87. The van der Waals surface area contributed by atoms with Gasteiger partial charge in [-0.15, -0.1) is 0 Å². The lowest BCUT2D eigenvalue weighted by Crippen LogP contribution is -2.31. The predicted molar refractivity (Wildman–Crippen MR) is 137 cm³/mol. The van der Waals surface area contributed by atoms with Gasteiger partial charge >= 0.3 is 0 Å². The fraction of sp³-hybridized carbons (Fsp3) is 0.222. The number of amides is 1. The van der Waals surface area contributed by atoms with E-state index in [1.807, 2.05) is 69.3 Å². The number of aryl methyl sites for hydroxylation is 2. The van der Waals surface area contributed by atoms with Gasteiger partial charge < -0.3 is 14.8 Å². The van der Waals surface area contributed by atoms with E-state index in [1.165, 1.54) is 11.8 Å². The lowest BCUT2D eigenvalue weighted by atomic mass is 10.1. The molecular weight excluding hydrogens is 462 g/mol. The fourth-order valence-corrected chi connectivity index (χ4v) is 5.05. The molecule has 5 rings (SSSR count). The molecule has 1 aliphatic heterocycles. The van der Waals surface area contributed by atoms with Crippen LogP contribution in [0.25, 0.3) is 16.6 Å². The molecule has 1 N–H and O–H groups in total. The molecule has 0 unspecified atom stereocenters. The van der Waals surface area contributed by atoms with Gasteiger partial charge in [-0.05, 0) is 73.9 Å². The molecule has 0 saturated heterocycles. The molecule has 0 aliphatic carbocycles. The third-order valence-electron chi connectivity index (χ3n) is 5.76. The number of carbonyl (C=O) groups excluding carboxylic acids is 1. The zero-order valence-corrected chi connectivity index (χ0v) is 20.5. The number of nitrogens with zero attached hydrogens (tertiary/aromatic N) is 2. The Labute approximate surface area is 207 Å². The highest BCUT2D eigenvalue weighted by atomic mass is 32.2. The van der Waals surface area contributed by atoms with Crippen molar-refractivity contribution in [3.63, 3.8) is 0 Å². The maximum absolute atomic E-state index is 13.5. The summed E-state index contributed by atoms with van der Waals surface area (Å²) in [5, 5.41) is 3.50. The molecular formula is C27H25N3O4S. The van der Waals surface area contributed by atoms with Crippen molar-refractivity contribution in [1.82, 2.24) is 14.9 Å². The Balaban J connectivity index is 1.42. The number of aromatic nitrogens is 2. The number of fused-ring (bicyclic) bond motifs is 2. The van der Waals surface area contributed by atoms with Gasteiger partial charge in [-0.3, -0.25) is 14.2 Å². The average Bonchev–Trinajstić information content (AvgIpc) is 3.30. The van der Waals surface area contributed by atoms with Crippen molar-refractivity contribution in [1.29, 1.82) is 0 Å². The molecule has 1 aliphatic rings. The summed E-state index contributed by atoms with van der Waals surface area (Å²) < 4.78 is 12.4. The molecule has 35 heavy (non-hydrogen) atoms. The molecule has 1 amide bonds. The standard InChI is InChI=1S/C27H25N3O4S/c1-16-10-17(2)12-20(11-16)30-26(32)21-6-4-5-7-22(21)29-27(30)35-18(3)25(31)28-14-19-8-9-23-24(13-19)34-15-33-23/h4-13,18H,14-15H2,1-3H3,(H,28,31)/t18-/m1/s1. The van der Waals surface area contributed by atoms with Gasteiger partial charge in [0.15, 0.2) is 16.7 Å². The SMILES string of the molecule is Cc1cc(C)cc(-n2c(S[C@H](C)C(=O)NCc3ccc4c(c3)OCO4)nc3ccccc3c2=O)c1. The number of ether oxygens (including phenoxy) is 2. The monoisotopic (exact) mass is 487 g/mol. The Bertz CT molecular complexity index is 1480. The van der Waals surface area contributed by atoms with Crippen molar-refractivity contribution >= 4 is 28.6 Å². The Morgan fingerprint density at radius 1 is 1.06 bits per heavy atom. The van der Waals surface area contributed by atoms with E-state index < -0.39 is 5.25 Å². The number of hydrogen-bond acceptors (Lipinski definition) is 6. The molecule has 8 heteroatoms. The van der Waals surface area contributed by atoms with Crippen molar-refractivity contribution in [2.45, 2.75) is 37.7 Å². The van der Waals surface area contributed by atoms with E-state index in [0.717, 1.165) is 22.4 Å².